The summed E-state index contributed by atoms with van der Waals surface area (Å²) in [4.78, 5) is 58.7. The molecule has 9 nitrogen and oxygen atoms in total. The molecular weight excluding hydrogens is 320 g/mol. The third-order valence-corrected chi connectivity index (χ3v) is 3.94. The van der Waals surface area contributed by atoms with E-state index in [0.717, 1.165) is 0 Å². The first-order valence-corrected chi connectivity index (χ1v) is 7.43. The van der Waals surface area contributed by atoms with Crippen LogP contribution < -0.4 is 11.2 Å². The number of hydrogen-bond acceptors (Lipinski definition) is 7. The molecule has 0 aromatic carbocycles. The van der Waals surface area contributed by atoms with E-state index in [-0.39, 0.29) is 18.1 Å². The molecule has 1 heterocycles. The average Bonchev–Trinajstić information content (AvgIpc) is 2.87. The average molecular weight is 338 g/mol. The first kappa shape index (κ1) is 17.6. The summed E-state index contributed by atoms with van der Waals surface area (Å²) >= 11 is 0. The molecule has 0 bridgehead atoms. The predicted molar refractivity (Wildman–Crippen MR) is 80.7 cm³/mol. The number of ether oxygens (including phenoxy) is 2. The summed E-state index contributed by atoms with van der Waals surface area (Å²) in [6, 6.07) is -0.391. The Morgan fingerprint density at radius 1 is 1.29 bits per heavy atom. The van der Waals surface area contributed by atoms with Gasteiger partial charge in [0.2, 0.25) is 0 Å². The van der Waals surface area contributed by atoms with Gasteiger partial charge in [0.25, 0.3) is 5.56 Å². The molecule has 1 N–H and O–H groups in total. The summed E-state index contributed by atoms with van der Waals surface area (Å²) in [7, 11) is 0. The Balaban J connectivity index is 2.27. The van der Waals surface area contributed by atoms with Gasteiger partial charge in [-0.1, -0.05) is 0 Å². The largest absolute Gasteiger partial charge is 0.465 e. The van der Waals surface area contributed by atoms with Crippen molar-refractivity contribution >= 4 is 18.2 Å². The van der Waals surface area contributed by atoms with E-state index in [4.69, 9.17) is 9.47 Å². The Kier molecular flexibility index (Phi) is 5.32. The van der Waals surface area contributed by atoms with E-state index in [2.05, 4.69) is 4.98 Å². The third-order valence-electron chi connectivity index (χ3n) is 3.94. The van der Waals surface area contributed by atoms with Crippen molar-refractivity contribution in [3.8, 4) is 0 Å². The second-order valence-corrected chi connectivity index (χ2v) is 5.70. The monoisotopic (exact) mass is 338 g/mol. The molecule has 1 aliphatic carbocycles. The van der Waals surface area contributed by atoms with Crippen LogP contribution in [0.3, 0.4) is 0 Å². The topological polar surface area (TPSA) is 125 Å². The standard InChI is InChI=1S/C15H18N2O7/c1-8(19)23-7-10-3-12(4-13(10)24-9(2)20)17-5-11(6-18)14(21)16-15(17)22/h5-6,10,12-13H,3-4,7H2,1-2H3,(H,16,21,22)/t10-,12-,13+/m1/s1. The van der Waals surface area contributed by atoms with E-state index >= 15 is 0 Å². The van der Waals surface area contributed by atoms with Crippen LogP contribution in [-0.4, -0.2) is 40.5 Å². The third kappa shape index (κ3) is 3.98. The maximum atomic E-state index is 12.0. The fraction of sp³-hybridized carbons (Fsp3) is 0.533. The molecule has 0 radical (unpaired) electrons. The van der Waals surface area contributed by atoms with Crippen molar-refractivity contribution in [3.05, 3.63) is 32.6 Å². The Morgan fingerprint density at radius 3 is 2.58 bits per heavy atom. The Morgan fingerprint density at radius 2 is 2.00 bits per heavy atom. The van der Waals surface area contributed by atoms with Crippen LogP contribution >= 0.6 is 0 Å². The number of nitrogens with zero attached hydrogens (tertiary/aromatic N) is 1. The summed E-state index contributed by atoms with van der Waals surface area (Å²) in [6.45, 7) is 2.60. The molecule has 1 aromatic heterocycles. The molecule has 0 aliphatic heterocycles. The van der Waals surface area contributed by atoms with E-state index in [9.17, 15) is 24.0 Å². The number of esters is 2. The molecule has 1 aliphatic rings. The maximum absolute atomic E-state index is 12.0. The minimum atomic E-state index is -0.753. The van der Waals surface area contributed by atoms with Gasteiger partial charge < -0.3 is 9.47 Å². The number of carbonyl (C=O) groups excluding carboxylic acids is 3. The zero-order valence-electron chi connectivity index (χ0n) is 13.3. The molecule has 1 fully saturated rings. The van der Waals surface area contributed by atoms with Gasteiger partial charge in [0.15, 0.2) is 6.29 Å². The fourth-order valence-corrected chi connectivity index (χ4v) is 2.90. The fourth-order valence-electron chi connectivity index (χ4n) is 2.90. The lowest BCUT2D eigenvalue weighted by atomic mass is 10.1. The minimum absolute atomic E-state index is 0.0580. The molecule has 130 valence electrons. The molecule has 0 spiro atoms. The number of rotatable bonds is 5. The van der Waals surface area contributed by atoms with Crippen molar-refractivity contribution in [1.29, 1.82) is 0 Å². The van der Waals surface area contributed by atoms with Gasteiger partial charge in [-0.2, -0.15) is 0 Å². The number of aromatic nitrogens is 2. The Bertz CT molecular complexity index is 764. The molecule has 2 rings (SSSR count). The second kappa shape index (κ2) is 7.24. The molecule has 3 atom stereocenters. The van der Waals surface area contributed by atoms with Crippen LogP contribution in [0.4, 0.5) is 0 Å². The zero-order valence-corrected chi connectivity index (χ0v) is 13.3. The molecule has 1 saturated carbocycles. The van der Waals surface area contributed by atoms with Gasteiger partial charge in [0.05, 0.1) is 12.2 Å². The van der Waals surface area contributed by atoms with Gasteiger partial charge >= 0.3 is 17.6 Å². The van der Waals surface area contributed by atoms with E-state index in [1.54, 1.807) is 0 Å². The van der Waals surface area contributed by atoms with Crippen molar-refractivity contribution in [2.75, 3.05) is 6.61 Å². The summed E-state index contributed by atoms with van der Waals surface area (Å²) in [5.74, 6) is -1.21. The van der Waals surface area contributed by atoms with Crippen LogP contribution in [0.2, 0.25) is 0 Å². The molecule has 0 unspecified atom stereocenters. The molecule has 0 saturated heterocycles. The van der Waals surface area contributed by atoms with Gasteiger partial charge in [-0.15, -0.1) is 0 Å². The maximum Gasteiger partial charge on any atom is 0.328 e. The van der Waals surface area contributed by atoms with E-state index < -0.39 is 35.3 Å². The molecule has 24 heavy (non-hydrogen) atoms. The first-order chi connectivity index (χ1) is 11.3. The Labute approximate surface area is 136 Å². The number of carbonyl (C=O) groups is 3. The van der Waals surface area contributed by atoms with Gasteiger partial charge in [0, 0.05) is 38.4 Å². The summed E-state index contributed by atoms with van der Waals surface area (Å²) in [5, 5.41) is 0. The quantitative estimate of drug-likeness (QED) is 0.582. The van der Waals surface area contributed by atoms with Crippen LogP contribution in [0.25, 0.3) is 0 Å². The van der Waals surface area contributed by atoms with Crippen molar-refractivity contribution in [1.82, 2.24) is 9.55 Å². The van der Waals surface area contributed by atoms with Crippen LogP contribution in [0.5, 0.6) is 0 Å². The summed E-state index contributed by atoms with van der Waals surface area (Å²) in [6.07, 6.45) is 1.75. The number of aromatic amines is 1. The highest BCUT2D eigenvalue weighted by atomic mass is 16.6. The van der Waals surface area contributed by atoms with Crippen molar-refractivity contribution in [2.24, 2.45) is 5.92 Å². The SMILES string of the molecule is CC(=O)OC[C@H]1C[C@@H](n2cc(C=O)c(=O)[nH]c2=O)C[C@@H]1OC(C)=O. The summed E-state index contributed by atoms with van der Waals surface area (Å²) < 4.78 is 11.5. The highest BCUT2D eigenvalue weighted by Crippen LogP contribution is 2.36. The lowest BCUT2D eigenvalue weighted by Gasteiger charge is -2.18. The lowest BCUT2D eigenvalue weighted by Crippen LogP contribution is -2.33. The minimum Gasteiger partial charge on any atom is -0.465 e. The molecule has 9 heteroatoms. The highest BCUT2D eigenvalue weighted by molar-refractivity contribution is 5.73. The van der Waals surface area contributed by atoms with Gasteiger partial charge in [-0.3, -0.25) is 28.7 Å². The molecule has 0 amide bonds. The van der Waals surface area contributed by atoms with Gasteiger partial charge in [0.1, 0.15) is 6.10 Å². The van der Waals surface area contributed by atoms with Crippen molar-refractivity contribution in [3.63, 3.8) is 0 Å². The number of hydrogen-bond donors (Lipinski definition) is 1. The van der Waals surface area contributed by atoms with Crippen molar-refractivity contribution in [2.45, 2.75) is 38.8 Å². The van der Waals surface area contributed by atoms with E-state index in [1.165, 1.54) is 24.6 Å². The predicted octanol–water partition coefficient (Wildman–Crippen LogP) is -0.205. The zero-order chi connectivity index (χ0) is 17.9. The number of aldehydes is 1. The second-order valence-electron chi connectivity index (χ2n) is 5.70. The van der Waals surface area contributed by atoms with E-state index in [1.807, 2.05) is 0 Å². The number of nitrogens with one attached hydrogen (secondary N) is 1. The van der Waals surface area contributed by atoms with Crippen LogP contribution in [0.15, 0.2) is 15.8 Å². The van der Waals surface area contributed by atoms with Crippen molar-refractivity contribution < 1.29 is 23.9 Å². The first-order valence-electron chi connectivity index (χ1n) is 7.43. The highest BCUT2D eigenvalue weighted by Gasteiger charge is 2.38. The molecular formula is C15H18N2O7. The van der Waals surface area contributed by atoms with Gasteiger partial charge in [-0.25, -0.2) is 4.79 Å². The molecule has 1 aromatic rings. The lowest BCUT2D eigenvalue weighted by molar-refractivity contribution is -0.151. The normalized spacial score (nSPS) is 22.8. The summed E-state index contributed by atoms with van der Waals surface area (Å²) in [5.41, 5.74) is -1.57. The Hall–Kier alpha value is -2.71. The van der Waals surface area contributed by atoms with Crippen LogP contribution in [-0.2, 0) is 19.1 Å². The smallest absolute Gasteiger partial charge is 0.328 e. The number of H-pyrrole nitrogens is 1. The van der Waals surface area contributed by atoms with Crippen LogP contribution in [0.1, 0.15) is 43.1 Å². The van der Waals surface area contributed by atoms with E-state index in [0.29, 0.717) is 19.1 Å². The van der Waals surface area contributed by atoms with Crippen LogP contribution in [0, 0.1) is 5.92 Å². The van der Waals surface area contributed by atoms with Gasteiger partial charge in [-0.05, 0) is 6.42 Å².